The van der Waals surface area contributed by atoms with Gasteiger partial charge in [-0.15, -0.1) is 11.3 Å². The van der Waals surface area contributed by atoms with Gasteiger partial charge in [0.1, 0.15) is 23.2 Å². The molecule has 1 saturated heterocycles. The maximum atomic E-state index is 12.9. The minimum Gasteiger partial charge on any atom is -0.383 e. The second-order valence-corrected chi connectivity index (χ2v) is 12.9. The lowest BCUT2D eigenvalue weighted by atomic mass is 10.1. The molecule has 8 rings (SSSR count). The molecule has 1 fully saturated rings. The van der Waals surface area contributed by atoms with E-state index in [0.717, 1.165) is 89.6 Å². The van der Waals surface area contributed by atoms with Crippen molar-refractivity contribution >= 4 is 44.8 Å². The molecule has 0 bridgehead atoms. The number of nitrogen functional groups attached to an aromatic ring is 1. The number of pyridine rings is 2. The minimum atomic E-state index is -0.519. The summed E-state index contributed by atoms with van der Waals surface area (Å²) in [5, 5.41) is 8.82. The predicted molar refractivity (Wildman–Crippen MR) is 217 cm³/mol. The Bertz CT molecular complexity index is 2340. The molecule has 4 aromatic heterocycles. The number of imidazole rings is 1. The van der Waals surface area contributed by atoms with Gasteiger partial charge in [0, 0.05) is 61.8 Å². The van der Waals surface area contributed by atoms with Gasteiger partial charge < -0.3 is 10.6 Å². The van der Waals surface area contributed by atoms with Crippen LogP contribution in [0.4, 0.5) is 10.2 Å². The number of halogens is 1. The molecule has 0 aliphatic carbocycles. The van der Waals surface area contributed by atoms with E-state index in [1.165, 1.54) is 11.6 Å². The van der Waals surface area contributed by atoms with Gasteiger partial charge in [-0.05, 0) is 55.1 Å². The summed E-state index contributed by atoms with van der Waals surface area (Å²) in [5.41, 5.74) is 13.5. The number of fused-ring (bicyclic) bond motifs is 2. The van der Waals surface area contributed by atoms with E-state index >= 15 is 0 Å². The molecule has 10 nitrogen and oxygen atoms in total. The number of benzene rings is 3. The number of nitrogens with two attached hydrogens (primary N) is 1. The number of hydrogen-bond acceptors (Lipinski definition) is 10. The Labute approximate surface area is 319 Å². The third-order valence-corrected chi connectivity index (χ3v) is 9.58. The average Bonchev–Trinajstić information content (AvgIpc) is 3.82. The molecule has 0 atom stereocenters. The topological polar surface area (TPSA) is 130 Å². The Hall–Kier alpha value is -5.87. The largest absolute Gasteiger partial charge is 0.383 e. The molecule has 0 amide bonds. The third-order valence-electron chi connectivity index (χ3n) is 8.56. The SMILES string of the molecule is CC.CC.CN1CCN(Cc2ccc(-n3c(-c4cccnc4N)nc4ccc(-c5ccccc5)nc43)cc2)CC1.N#Cc1nc2cc(F)cc(C=O)c2s1. The summed E-state index contributed by atoms with van der Waals surface area (Å²) in [5.74, 6) is 0.665. The van der Waals surface area contributed by atoms with Crippen molar-refractivity contribution in [2.24, 2.45) is 0 Å². The lowest BCUT2D eigenvalue weighted by Crippen LogP contribution is -2.43. The number of anilines is 1. The number of carbonyl (C=O) groups is 1. The lowest BCUT2D eigenvalue weighted by molar-refractivity contribution is 0.112. The number of likely N-dealkylation sites (N-methyl/N-ethyl adjacent to an activating group) is 1. The normalized spacial score (nSPS) is 12.8. The Morgan fingerprint density at radius 3 is 2.26 bits per heavy atom. The van der Waals surface area contributed by atoms with Gasteiger partial charge in [0.05, 0.1) is 21.5 Å². The van der Waals surface area contributed by atoms with Crippen molar-refractivity contribution in [3.8, 4) is 34.4 Å². The minimum absolute atomic E-state index is 0.230. The van der Waals surface area contributed by atoms with Crippen LogP contribution >= 0.6 is 11.3 Å². The number of rotatable bonds is 6. The molecular formula is C42H44FN9OS. The van der Waals surface area contributed by atoms with Crippen LogP contribution in [0.1, 0.15) is 48.6 Å². The Balaban J connectivity index is 0.000000260. The summed E-state index contributed by atoms with van der Waals surface area (Å²) in [6.45, 7) is 13.4. The fraction of sp³-hybridized carbons (Fsp3) is 0.238. The second kappa shape index (κ2) is 18.8. The van der Waals surface area contributed by atoms with Crippen LogP contribution in [0.5, 0.6) is 0 Å². The fourth-order valence-corrected chi connectivity index (χ4v) is 6.75. The summed E-state index contributed by atoms with van der Waals surface area (Å²) < 4.78 is 15.6. The van der Waals surface area contributed by atoms with E-state index in [2.05, 4.69) is 67.8 Å². The zero-order chi connectivity index (χ0) is 38.6. The van der Waals surface area contributed by atoms with Crippen molar-refractivity contribution < 1.29 is 9.18 Å². The number of aromatic nitrogens is 5. The van der Waals surface area contributed by atoms with Crippen LogP contribution in [0.2, 0.25) is 0 Å². The van der Waals surface area contributed by atoms with Crippen LogP contribution in [0.15, 0.2) is 97.2 Å². The smallest absolute Gasteiger partial charge is 0.195 e. The van der Waals surface area contributed by atoms with E-state index in [1.807, 2.05) is 76.2 Å². The average molecular weight is 742 g/mol. The van der Waals surface area contributed by atoms with Crippen molar-refractivity contribution in [1.82, 2.24) is 34.3 Å². The highest BCUT2D eigenvalue weighted by molar-refractivity contribution is 7.19. The van der Waals surface area contributed by atoms with Crippen molar-refractivity contribution in [1.29, 1.82) is 5.26 Å². The van der Waals surface area contributed by atoms with Gasteiger partial charge in [-0.25, -0.2) is 24.3 Å². The zero-order valence-electron chi connectivity index (χ0n) is 31.2. The third kappa shape index (κ3) is 9.01. The molecule has 276 valence electrons. The van der Waals surface area contributed by atoms with Crippen LogP contribution in [0.3, 0.4) is 0 Å². The summed E-state index contributed by atoms with van der Waals surface area (Å²) >= 11 is 1.09. The highest BCUT2D eigenvalue weighted by atomic mass is 32.1. The summed E-state index contributed by atoms with van der Waals surface area (Å²) in [6.07, 6.45) is 2.26. The lowest BCUT2D eigenvalue weighted by Gasteiger charge is -2.32. The molecule has 1 aliphatic heterocycles. The van der Waals surface area contributed by atoms with Crippen molar-refractivity contribution in [2.75, 3.05) is 39.0 Å². The van der Waals surface area contributed by atoms with Crippen molar-refractivity contribution in [3.63, 3.8) is 0 Å². The van der Waals surface area contributed by atoms with E-state index in [4.69, 9.17) is 21.0 Å². The van der Waals surface area contributed by atoms with E-state index in [0.29, 0.717) is 22.3 Å². The van der Waals surface area contributed by atoms with E-state index in [9.17, 15) is 9.18 Å². The van der Waals surface area contributed by atoms with Gasteiger partial charge in [-0.3, -0.25) is 14.3 Å². The van der Waals surface area contributed by atoms with Crippen LogP contribution < -0.4 is 5.73 Å². The van der Waals surface area contributed by atoms with Gasteiger partial charge in [0.15, 0.2) is 22.8 Å². The molecule has 0 spiro atoms. The first-order valence-corrected chi connectivity index (χ1v) is 18.8. The second-order valence-electron chi connectivity index (χ2n) is 12.0. The molecule has 1 aliphatic rings. The first kappa shape index (κ1) is 39.3. The number of nitrogens with zero attached hydrogens (tertiary/aromatic N) is 8. The molecule has 3 aromatic carbocycles. The monoisotopic (exact) mass is 741 g/mol. The van der Waals surface area contributed by atoms with E-state index in [-0.39, 0.29) is 10.6 Å². The Kier molecular flexibility index (Phi) is 13.7. The Morgan fingerprint density at radius 1 is 0.870 bits per heavy atom. The van der Waals surface area contributed by atoms with Crippen LogP contribution in [0, 0.1) is 17.1 Å². The quantitative estimate of drug-likeness (QED) is 0.167. The molecule has 2 N–H and O–H groups in total. The van der Waals surface area contributed by atoms with Crippen LogP contribution in [-0.2, 0) is 6.54 Å². The summed E-state index contributed by atoms with van der Waals surface area (Å²) in [6, 6.07) is 31.0. The number of hydrogen-bond donors (Lipinski definition) is 1. The molecule has 54 heavy (non-hydrogen) atoms. The highest BCUT2D eigenvalue weighted by Crippen LogP contribution is 2.32. The Morgan fingerprint density at radius 2 is 1.59 bits per heavy atom. The maximum Gasteiger partial charge on any atom is 0.195 e. The van der Waals surface area contributed by atoms with Crippen molar-refractivity contribution in [3.05, 3.63) is 119 Å². The first-order valence-electron chi connectivity index (χ1n) is 18.0. The fourth-order valence-electron chi connectivity index (χ4n) is 5.93. The molecule has 12 heteroatoms. The zero-order valence-corrected chi connectivity index (χ0v) is 32.0. The number of thiazole rings is 1. The number of piperazine rings is 1. The summed E-state index contributed by atoms with van der Waals surface area (Å²) in [7, 11) is 2.19. The standard InChI is InChI=1S/C29H29N7.C9H3FN2OS.2C2H6/c1-34-16-18-35(19-17-34)20-21-9-11-23(12-10-21)36-28(24-8-5-15-31-27(24)30)33-26-14-13-25(32-29(26)36)22-6-3-2-4-7-22;10-6-1-5(4-13)9-7(2-6)12-8(3-11)14-9;2*1-2/h2-15H,16-20H2,1H3,(H2,30,31);1-2,4H;2*1-2H3. The molecule has 5 heterocycles. The van der Waals surface area contributed by atoms with Gasteiger partial charge in [0.2, 0.25) is 0 Å². The van der Waals surface area contributed by atoms with Crippen LogP contribution in [0.25, 0.3) is 49.7 Å². The van der Waals surface area contributed by atoms with E-state index < -0.39 is 5.82 Å². The number of aldehydes is 1. The van der Waals surface area contributed by atoms with Crippen LogP contribution in [-0.4, -0.2) is 73.8 Å². The van der Waals surface area contributed by atoms with Gasteiger partial charge in [0.25, 0.3) is 0 Å². The molecule has 0 unspecified atom stereocenters. The summed E-state index contributed by atoms with van der Waals surface area (Å²) in [4.78, 5) is 33.6. The molecule has 0 saturated carbocycles. The molecular weight excluding hydrogens is 698 g/mol. The predicted octanol–water partition coefficient (Wildman–Crippen LogP) is 8.65. The van der Waals surface area contributed by atoms with Gasteiger partial charge >= 0.3 is 0 Å². The van der Waals surface area contributed by atoms with Gasteiger partial charge in [-0.1, -0.05) is 70.2 Å². The van der Waals surface area contributed by atoms with Gasteiger partial charge in [-0.2, -0.15) is 5.26 Å². The maximum absolute atomic E-state index is 12.9. The van der Waals surface area contributed by atoms with E-state index in [1.54, 1.807) is 6.20 Å². The van der Waals surface area contributed by atoms with Crippen molar-refractivity contribution in [2.45, 2.75) is 34.2 Å². The first-order chi connectivity index (χ1) is 26.4. The molecule has 0 radical (unpaired) electrons. The highest BCUT2D eigenvalue weighted by Gasteiger charge is 2.19. The number of nitriles is 1. The molecule has 7 aromatic rings. The number of carbonyl (C=O) groups excluding carboxylic acids is 1.